The summed E-state index contributed by atoms with van der Waals surface area (Å²) in [4.78, 5) is 28.0. The Labute approximate surface area is 162 Å². The fourth-order valence-electron chi connectivity index (χ4n) is 2.71. The Morgan fingerprint density at radius 2 is 1.81 bits per heavy atom. The predicted molar refractivity (Wildman–Crippen MR) is 106 cm³/mol. The van der Waals surface area contributed by atoms with Gasteiger partial charge in [-0.15, -0.1) is 0 Å². The molecule has 3 aromatic rings. The van der Waals surface area contributed by atoms with Gasteiger partial charge in [0.2, 0.25) is 0 Å². The largest absolute Gasteiger partial charge is 0.480 e. The number of nitrogens with zero attached hydrogens (tertiary/aromatic N) is 1. The maximum atomic E-state index is 12.0. The van der Waals surface area contributed by atoms with Crippen molar-refractivity contribution in [2.45, 2.75) is 20.3 Å². The van der Waals surface area contributed by atoms with E-state index in [0.717, 1.165) is 16.6 Å². The Balaban J connectivity index is 0.00000261. The molecule has 0 aliphatic carbocycles. The molecule has 1 atom stereocenters. The van der Waals surface area contributed by atoms with Crippen molar-refractivity contribution in [1.82, 2.24) is 4.98 Å². The van der Waals surface area contributed by atoms with Crippen molar-refractivity contribution < 1.29 is 19.4 Å². The number of pyridine rings is 1. The van der Waals surface area contributed by atoms with Gasteiger partial charge in [-0.2, -0.15) is 0 Å². The van der Waals surface area contributed by atoms with Crippen LogP contribution >= 0.6 is 11.6 Å². The summed E-state index contributed by atoms with van der Waals surface area (Å²) in [6, 6.07) is 16.0. The first kappa shape index (κ1) is 20.4. The summed E-state index contributed by atoms with van der Waals surface area (Å²) < 4.78 is 4.87. The summed E-state index contributed by atoms with van der Waals surface area (Å²) in [6.45, 7) is 1.77. The van der Waals surface area contributed by atoms with Gasteiger partial charge in [0, 0.05) is 16.0 Å². The normalized spacial score (nSPS) is 11.5. The van der Waals surface area contributed by atoms with Crippen LogP contribution in [0.3, 0.4) is 0 Å². The molecule has 0 fully saturated rings. The van der Waals surface area contributed by atoms with Crippen molar-refractivity contribution >= 4 is 34.4 Å². The van der Waals surface area contributed by atoms with Crippen LogP contribution in [0.1, 0.15) is 25.8 Å². The van der Waals surface area contributed by atoms with Crippen LogP contribution in [0.2, 0.25) is 5.02 Å². The molecule has 0 radical (unpaired) electrons. The van der Waals surface area contributed by atoms with Gasteiger partial charge in [-0.3, -0.25) is 9.59 Å². The number of carbonyl (C=O) groups is 2. The average molecular weight is 386 g/mol. The number of ether oxygens (including phenoxy) is 1. The first-order valence-electron chi connectivity index (χ1n) is 8.05. The van der Waals surface area contributed by atoms with E-state index in [-0.39, 0.29) is 14.0 Å². The van der Waals surface area contributed by atoms with Gasteiger partial charge in [-0.05, 0) is 42.8 Å². The molecule has 0 aliphatic heterocycles. The number of aromatic nitrogens is 1. The van der Waals surface area contributed by atoms with Crippen molar-refractivity contribution in [3.05, 3.63) is 65.2 Å². The number of hydrogen-bond donors (Lipinski definition) is 1. The number of carboxylic acid groups (broad SMARTS) is 1. The smallest absolute Gasteiger partial charge is 0.324 e. The summed E-state index contributed by atoms with van der Waals surface area (Å²) >= 11 is 5.91. The lowest BCUT2D eigenvalue weighted by Gasteiger charge is -2.12. The first-order valence-corrected chi connectivity index (χ1v) is 8.43. The molecule has 3 rings (SSSR count). The van der Waals surface area contributed by atoms with Crippen LogP contribution in [0.5, 0.6) is 0 Å². The summed E-state index contributed by atoms with van der Waals surface area (Å²) in [6.07, 6.45) is 0. The van der Waals surface area contributed by atoms with E-state index in [1.165, 1.54) is 0 Å². The second kappa shape index (κ2) is 8.64. The van der Waals surface area contributed by atoms with Crippen LogP contribution < -0.4 is 0 Å². The van der Waals surface area contributed by atoms with Crippen molar-refractivity contribution in [2.75, 3.05) is 6.61 Å². The van der Waals surface area contributed by atoms with Crippen LogP contribution in [-0.2, 0) is 14.3 Å². The van der Waals surface area contributed by atoms with Gasteiger partial charge in [-0.25, -0.2) is 4.98 Å². The van der Waals surface area contributed by atoms with Gasteiger partial charge in [0.25, 0.3) is 0 Å². The fourth-order valence-corrected chi connectivity index (χ4v) is 2.84. The zero-order valence-electron chi connectivity index (χ0n) is 14.0. The highest BCUT2D eigenvalue weighted by Gasteiger charge is 2.29. The Hall–Kier alpha value is -2.92. The van der Waals surface area contributed by atoms with Crippen molar-refractivity contribution in [1.29, 1.82) is 0 Å². The van der Waals surface area contributed by atoms with E-state index < -0.39 is 17.9 Å². The maximum Gasteiger partial charge on any atom is 0.324 e. The third kappa shape index (κ3) is 4.44. The lowest BCUT2D eigenvalue weighted by molar-refractivity contribution is -0.153. The topological polar surface area (TPSA) is 76.5 Å². The number of rotatable bonds is 5. The van der Waals surface area contributed by atoms with E-state index in [1.54, 1.807) is 37.3 Å². The molecule has 0 aliphatic rings. The van der Waals surface area contributed by atoms with Crippen LogP contribution in [0.4, 0.5) is 0 Å². The number of benzene rings is 2. The standard InChI is InChI=1S/C20H16ClNO4.CH4/c1-2-26-20(25)18(19(23)24)14-6-10-17-13(11-14)5-9-16(22-17)12-3-7-15(21)8-4-12;/h3-11,18H,2H2,1H3,(H,23,24);1H4. The predicted octanol–water partition coefficient (Wildman–Crippen LogP) is 4.92. The molecule has 0 saturated carbocycles. The summed E-state index contributed by atoms with van der Waals surface area (Å²) in [7, 11) is 0. The molecule has 1 N–H and O–H groups in total. The highest BCUT2D eigenvalue weighted by atomic mass is 35.5. The van der Waals surface area contributed by atoms with E-state index in [9.17, 15) is 14.7 Å². The lowest BCUT2D eigenvalue weighted by atomic mass is 9.97. The second-order valence-electron chi connectivity index (χ2n) is 5.68. The number of halogens is 1. The van der Waals surface area contributed by atoms with Gasteiger partial charge in [0.15, 0.2) is 5.92 Å². The number of fused-ring (bicyclic) bond motifs is 1. The molecule has 0 amide bonds. The van der Waals surface area contributed by atoms with Crippen LogP contribution in [0.15, 0.2) is 54.6 Å². The molecule has 6 heteroatoms. The molecule has 5 nitrogen and oxygen atoms in total. The van der Waals surface area contributed by atoms with Crippen LogP contribution in [-0.4, -0.2) is 28.6 Å². The Kier molecular flexibility index (Phi) is 6.53. The van der Waals surface area contributed by atoms with E-state index in [2.05, 4.69) is 4.98 Å². The van der Waals surface area contributed by atoms with E-state index in [1.807, 2.05) is 24.3 Å². The minimum absolute atomic E-state index is 0. The molecule has 0 spiro atoms. The molecule has 1 unspecified atom stereocenters. The van der Waals surface area contributed by atoms with Gasteiger partial charge >= 0.3 is 11.9 Å². The molecular weight excluding hydrogens is 366 g/mol. The zero-order valence-corrected chi connectivity index (χ0v) is 14.7. The third-order valence-electron chi connectivity index (χ3n) is 3.96. The number of hydrogen-bond acceptors (Lipinski definition) is 4. The van der Waals surface area contributed by atoms with Gasteiger partial charge < -0.3 is 9.84 Å². The minimum Gasteiger partial charge on any atom is -0.480 e. The summed E-state index contributed by atoms with van der Waals surface area (Å²) in [5, 5.41) is 10.8. The van der Waals surface area contributed by atoms with Crippen LogP contribution in [0, 0.1) is 0 Å². The molecule has 1 heterocycles. The van der Waals surface area contributed by atoms with E-state index >= 15 is 0 Å². The lowest BCUT2D eigenvalue weighted by Crippen LogP contribution is -2.23. The average Bonchev–Trinajstić information content (AvgIpc) is 2.62. The highest BCUT2D eigenvalue weighted by molar-refractivity contribution is 6.30. The quantitative estimate of drug-likeness (QED) is 0.498. The number of aliphatic carboxylic acids is 1. The Bertz CT molecular complexity index is 970. The van der Waals surface area contributed by atoms with Crippen molar-refractivity contribution in [3.8, 4) is 11.3 Å². The SMILES string of the molecule is C.CCOC(=O)C(C(=O)O)c1ccc2nc(-c3ccc(Cl)cc3)ccc2c1. The summed E-state index contributed by atoms with van der Waals surface area (Å²) in [5.41, 5.74) is 2.77. The fraction of sp³-hybridized carbons (Fsp3) is 0.190. The Morgan fingerprint density at radius 1 is 1.11 bits per heavy atom. The van der Waals surface area contributed by atoms with E-state index in [4.69, 9.17) is 16.3 Å². The minimum atomic E-state index is -1.35. The van der Waals surface area contributed by atoms with Gasteiger partial charge in [0.1, 0.15) is 0 Å². The molecule has 1 aromatic heterocycles. The molecule has 140 valence electrons. The molecule has 0 saturated heterocycles. The van der Waals surface area contributed by atoms with Crippen LogP contribution in [0.25, 0.3) is 22.2 Å². The van der Waals surface area contributed by atoms with Gasteiger partial charge in [-0.1, -0.05) is 43.3 Å². The third-order valence-corrected chi connectivity index (χ3v) is 4.21. The van der Waals surface area contributed by atoms with Gasteiger partial charge in [0.05, 0.1) is 17.8 Å². The number of carbonyl (C=O) groups excluding carboxylic acids is 1. The summed E-state index contributed by atoms with van der Waals surface area (Å²) in [5.74, 6) is -3.37. The number of carboxylic acids is 1. The molecular formula is C21H20ClNO4. The molecule has 27 heavy (non-hydrogen) atoms. The van der Waals surface area contributed by atoms with E-state index in [0.29, 0.717) is 16.1 Å². The highest BCUT2D eigenvalue weighted by Crippen LogP contribution is 2.26. The second-order valence-corrected chi connectivity index (χ2v) is 6.12. The molecule has 2 aromatic carbocycles. The number of esters is 1. The monoisotopic (exact) mass is 385 g/mol. The van der Waals surface area contributed by atoms with Crippen molar-refractivity contribution in [3.63, 3.8) is 0 Å². The zero-order chi connectivity index (χ0) is 18.7. The van der Waals surface area contributed by atoms with Crippen molar-refractivity contribution in [2.24, 2.45) is 0 Å². The molecule has 0 bridgehead atoms. The Morgan fingerprint density at radius 3 is 2.44 bits per heavy atom. The first-order chi connectivity index (χ1) is 12.5. The maximum absolute atomic E-state index is 12.0.